The molecule has 0 saturated carbocycles. The minimum Gasteiger partial charge on any atom is -0.267 e. The van der Waals surface area contributed by atoms with Gasteiger partial charge in [0.2, 0.25) is 0 Å². The molecule has 96 valence electrons. The molecular formula is C13H13BrF2N2. The van der Waals surface area contributed by atoms with E-state index in [0.717, 1.165) is 23.4 Å². The second-order valence-corrected chi connectivity index (χ2v) is 4.82. The van der Waals surface area contributed by atoms with Crippen molar-refractivity contribution < 1.29 is 8.78 Å². The zero-order valence-electron chi connectivity index (χ0n) is 10.1. The lowest BCUT2D eigenvalue weighted by molar-refractivity contribution is 0.0122. The van der Waals surface area contributed by atoms with E-state index in [1.165, 1.54) is 10.7 Å². The van der Waals surface area contributed by atoms with Crippen LogP contribution in [0, 0.1) is 0 Å². The lowest BCUT2D eigenvalue weighted by Crippen LogP contribution is -2.08. The van der Waals surface area contributed by atoms with Crippen LogP contribution in [0.3, 0.4) is 0 Å². The molecule has 18 heavy (non-hydrogen) atoms. The van der Waals surface area contributed by atoms with E-state index in [1.807, 2.05) is 24.3 Å². The normalized spacial score (nSPS) is 11.8. The number of alkyl halides is 3. The van der Waals surface area contributed by atoms with Gasteiger partial charge in [-0.3, -0.25) is 4.68 Å². The zero-order valence-corrected chi connectivity index (χ0v) is 11.7. The molecule has 0 aliphatic rings. The van der Waals surface area contributed by atoms with Gasteiger partial charge in [-0.05, 0) is 17.2 Å². The van der Waals surface area contributed by atoms with Crippen LogP contribution < -0.4 is 0 Å². The van der Waals surface area contributed by atoms with Crippen LogP contribution >= 0.6 is 15.9 Å². The molecule has 0 spiro atoms. The molecule has 0 amide bonds. The molecule has 5 heteroatoms. The molecular weight excluding hydrogens is 302 g/mol. The van der Waals surface area contributed by atoms with Gasteiger partial charge < -0.3 is 0 Å². The first kappa shape index (κ1) is 13.2. The highest BCUT2D eigenvalue weighted by molar-refractivity contribution is 9.08. The Labute approximate surface area is 113 Å². The molecule has 1 heterocycles. The Kier molecular flexibility index (Phi) is 3.52. The summed E-state index contributed by atoms with van der Waals surface area (Å²) in [6.45, 7) is 0.854. The highest BCUT2D eigenvalue weighted by Crippen LogP contribution is 2.29. The number of aromatic nitrogens is 2. The van der Waals surface area contributed by atoms with E-state index in [2.05, 4.69) is 21.0 Å². The maximum Gasteiger partial charge on any atom is 0.288 e. The minimum atomic E-state index is -2.91. The first-order valence-electron chi connectivity index (χ1n) is 5.49. The number of hydrogen-bond acceptors (Lipinski definition) is 1. The minimum absolute atomic E-state index is 0.204. The van der Waals surface area contributed by atoms with Crippen LogP contribution in [0.15, 0.2) is 30.3 Å². The van der Waals surface area contributed by atoms with Crippen LogP contribution in [-0.2, 0) is 18.3 Å². The van der Waals surface area contributed by atoms with Crippen LogP contribution in [0.4, 0.5) is 8.78 Å². The average Bonchev–Trinajstić information content (AvgIpc) is 2.71. The topological polar surface area (TPSA) is 17.8 Å². The molecule has 0 saturated heterocycles. The van der Waals surface area contributed by atoms with Crippen molar-refractivity contribution >= 4 is 15.9 Å². The summed E-state index contributed by atoms with van der Waals surface area (Å²) in [5.74, 6) is -2.91. The fraction of sp³-hybridized carbons (Fsp3) is 0.308. The Morgan fingerprint density at radius 3 is 2.33 bits per heavy atom. The van der Waals surface area contributed by atoms with Gasteiger partial charge in [-0.2, -0.15) is 13.9 Å². The van der Waals surface area contributed by atoms with Crippen molar-refractivity contribution in [3.8, 4) is 11.3 Å². The molecule has 0 radical (unpaired) electrons. The lowest BCUT2D eigenvalue weighted by Gasteiger charge is -2.03. The number of benzene rings is 1. The SMILES string of the molecule is Cn1nc(C(C)(F)F)cc1-c1ccc(CBr)cc1. The zero-order chi connectivity index (χ0) is 13.3. The maximum atomic E-state index is 13.2. The third-order valence-corrected chi connectivity index (χ3v) is 3.38. The first-order chi connectivity index (χ1) is 8.41. The lowest BCUT2D eigenvalue weighted by atomic mass is 10.1. The molecule has 0 fully saturated rings. The van der Waals surface area contributed by atoms with Crippen molar-refractivity contribution in [2.75, 3.05) is 0 Å². The number of nitrogens with zero attached hydrogens (tertiary/aromatic N) is 2. The highest BCUT2D eigenvalue weighted by Gasteiger charge is 2.28. The van der Waals surface area contributed by atoms with Gasteiger partial charge in [0.15, 0.2) is 0 Å². The van der Waals surface area contributed by atoms with Gasteiger partial charge in [-0.15, -0.1) is 0 Å². The third kappa shape index (κ3) is 2.61. The van der Waals surface area contributed by atoms with Gasteiger partial charge in [0.05, 0.1) is 5.69 Å². The van der Waals surface area contributed by atoms with Crippen LogP contribution in [0.1, 0.15) is 18.2 Å². The number of aryl methyl sites for hydroxylation is 1. The molecule has 0 unspecified atom stereocenters. The third-order valence-electron chi connectivity index (χ3n) is 2.73. The van der Waals surface area contributed by atoms with E-state index in [0.29, 0.717) is 5.69 Å². The Hall–Kier alpha value is -1.23. The molecule has 2 aromatic rings. The van der Waals surface area contributed by atoms with Gasteiger partial charge in [-0.1, -0.05) is 40.2 Å². The summed E-state index contributed by atoms with van der Waals surface area (Å²) in [4.78, 5) is 0. The molecule has 0 N–H and O–H groups in total. The molecule has 1 aromatic heterocycles. The summed E-state index contributed by atoms with van der Waals surface area (Å²) in [6, 6.07) is 9.17. The molecule has 0 bridgehead atoms. The molecule has 0 aliphatic carbocycles. The van der Waals surface area contributed by atoms with Crippen LogP contribution in [0.2, 0.25) is 0 Å². The summed E-state index contributed by atoms with van der Waals surface area (Å²) >= 11 is 3.37. The summed E-state index contributed by atoms with van der Waals surface area (Å²) in [5.41, 5.74) is 2.50. The fourth-order valence-corrected chi connectivity index (χ4v) is 2.09. The molecule has 2 rings (SSSR count). The van der Waals surface area contributed by atoms with Crippen molar-refractivity contribution in [3.05, 3.63) is 41.6 Å². The second kappa shape index (κ2) is 4.80. The Morgan fingerprint density at radius 1 is 1.28 bits per heavy atom. The average molecular weight is 315 g/mol. The quantitative estimate of drug-likeness (QED) is 0.780. The predicted molar refractivity (Wildman–Crippen MR) is 70.8 cm³/mol. The van der Waals surface area contributed by atoms with E-state index in [4.69, 9.17) is 0 Å². The van der Waals surface area contributed by atoms with E-state index in [1.54, 1.807) is 7.05 Å². The molecule has 0 atom stereocenters. The first-order valence-corrected chi connectivity index (χ1v) is 6.61. The van der Waals surface area contributed by atoms with Crippen molar-refractivity contribution in [2.45, 2.75) is 18.2 Å². The number of hydrogen-bond donors (Lipinski definition) is 0. The summed E-state index contributed by atoms with van der Waals surface area (Å²) in [5, 5.41) is 4.63. The molecule has 1 aromatic carbocycles. The fourth-order valence-electron chi connectivity index (χ4n) is 1.72. The summed E-state index contributed by atoms with van der Waals surface area (Å²) in [6.07, 6.45) is 0. The summed E-state index contributed by atoms with van der Waals surface area (Å²) in [7, 11) is 1.67. The Bertz CT molecular complexity index is 541. The second-order valence-electron chi connectivity index (χ2n) is 4.26. The van der Waals surface area contributed by atoms with E-state index >= 15 is 0 Å². The Balaban J connectivity index is 2.41. The standard InChI is InChI=1S/C13H13BrF2N2/c1-13(15,16)12-7-11(18(2)17-12)10-5-3-9(8-14)4-6-10/h3-7H,8H2,1-2H3. The van der Waals surface area contributed by atoms with Gasteiger partial charge >= 0.3 is 0 Å². The monoisotopic (exact) mass is 314 g/mol. The van der Waals surface area contributed by atoms with E-state index in [9.17, 15) is 8.78 Å². The van der Waals surface area contributed by atoms with E-state index in [-0.39, 0.29) is 5.69 Å². The largest absolute Gasteiger partial charge is 0.288 e. The van der Waals surface area contributed by atoms with Crippen molar-refractivity contribution in [1.82, 2.24) is 9.78 Å². The van der Waals surface area contributed by atoms with Crippen LogP contribution in [-0.4, -0.2) is 9.78 Å². The van der Waals surface area contributed by atoms with Crippen molar-refractivity contribution in [2.24, 2.45) is 7.05 Å². The van der Waals surface area contributed by atoms with Gasteiger partial charge in [0, 0.05) is 19.3 Å². The summed E-state index contributed by atoms with van der Waals surface area (Å²) < 4.78 is 27.9. The van der Waals surface area contributed by atoms with Crippen LogP contribution in [0.5, 0.6) is 0 Å². The smallest absolute Gasteiger partial charge is 0.267 e. The Morgan fingerprint density at radius 2 is 1.89 bits per heavy atom. The number of rotatable bonds is 3. The predicted octanol–water partition coefficient (Wildman–Crippen LogP) is 4.09. The van der Waals surface area contributed by atoms with Gasteiger partial charge in [0.1, 0.15) is 5.69 Å². The molecule has 0 aliphatic heterocycles. The molecule has 2 nitrogen and oxygen atoms in total. The van der Waals surface area contributed by atoms with Crippen molar-refractivity contribution in [1.29, 1.82) is 0 Å². The number of halogens is 3. The maximum absolute atomic E-state index is 13.2. The van der Waals surface area contributed by atoms with Crippen molar-refractivity contribution in [3.63, 3.8) is 0 Å². The van der Waals surface area contributed by atoms with Gasteiger partial charge in [-0.25, -0.2) is 0 Å². The van der Waals surface area contributed by atoms with Crippen LogP contribution in [0.25, 0.3) is 11.3 Å². The highest BCUT2D eigenvalue weighted by atomic mass is 79.9. The van der Waals surface area contributed by atoms with Gasteiger partial charge in [0.25, 0.3) is 5.92 Å². The van der Waals surface area contributed by atoms with E-state index < -0.39 is 5.92 Å².